The Hall–Kier alpha value is -2.69. The van der Waals surface area contributed by atoms with Gasteiger partial charge in [-0.25, -0.2) is 0 Å². The summed E-state index contributed by atoms with van der Waals surface area (Å²) in [6.45, 7) is 4.19. The number of rotatable bonds is 43. The number of unbranched alkanes of at least 4 members (excludes halogenated alkanes) is 22. The van der Waals surface area contributed by atoms with Crippen LogP contribution in [0.2, 0.25) is 0 Å². The van der Waals surface area contributed by atoms with E-state index in [1.807, 2.05) is 6.08 Å². The molecule has 0 saturated carbocycles. The average Bonchev–Trinajstić information content (AvgIpc) is 3.23. The molecule has 2 atom stereocenters. The van der Waals surface area contributed by atoms with Gasteiger partial charge >= 0.3 is 0 Å². The lowest BCUT2D eigenvalue weighted by molar-refractivity contribution is -0.123. The molecule has 0 aromatic carbocycles. The maximum absolute atomic E-state index is 12.4. The van der Waals surface area contributed by atoms with Crippen molar-refractivity contribution in [3.63, 3.8) is 0 Å². The molecule has 4 nitrogen and oxygen atoms in total. The van der Waals surface area contributed by atoms with Crippen molar-refractivity contribution in [2.75, 3.05) is 6.61 Å². The Morgan fingerprint density at radius 2 is 0.759 bits per heavy atom. The summed E-state index contributed by atoms with van der Waals surface area (Å²) < 4.78 is 0. The van der Waals surface area contributed by atoms with E-state index in [-0.39, 0.29) is 12.5 Å². The molecule has 0 aromatic heterocycles. The zero-order valence-electron chi connectivity index (χ0n) is 38.0. The Balaban J connectivity index is 3.66. The van der Waals surface area contributed by atoms with Crippen molar-refractivity contribution in [2.24, 2.45) is 0 Å². The van der Waals surface area contributed by atoms with Crippen LogP contribution in [0.15, 0.2) is 97.2 Å². The minimum atomic E-state index is -0.854. The zero-order chi connectivity index (χ0) is 42.1. The average molecular weight is 804 g/mol. The van der Waals surface area contributed by atoms with E-state index in [1.165, 1.54) is 116 Å². The lowest BCUT2D eigenvalue weighted by Crippen LogP contribution is -2.45. The highest BCUT2D eigenvalue weighted by atomic mass is 16.3. The van der Waals surface area contributed by atoms with Gasteiger partial charge in [-0.1, -0.05) is 233 Å². The van der Waals surface area contributed by atoms with E-state index < -0.39 is 12.1 Å². The van der Waals surface area contributed by atoms with Crippen LogP contribution >= 0.6 is 0 Å². The summed E-state index contributed by atoms with van der Waals surface area (Å²) in [5, 5.41) is 23.1. The first kappa shape index (κ1) is 55.3. The molecule has 0 saturated heterocycles. The van der Waals surface area contributed by atoms with E-state index in [2.05, 4.69) is 104 Å². The molecule has 0 heterocycles. The number of nitrogens with one attached hydrogen (secondary N) is 1. The molecule has 0 aromatic rings. The molecule has 0 aliphatic heterocycles. The van der Waals surface area contributed by atoms with Gasteiger partial charge < -0.3 is 15.5 Å². The largest absolute Gasteiger partial charge is 0.394 e. The summed E-state index contributed by atoms with van der Waals surface area (Å²) in [5.41, 5.74) is 0. The lowest BCUT2D eigenvalue weighted by Gasteiger charge is -2.20. The van der Waals surface area contributed by atoms with Gasteiger partial charge in [-0.3, -0.25) is 4.79 Å². The third-order valence-corrected chi connectivity index (χ3v) is 10.6. The van der Waals surface area contributed by atoms with Crippen LogP contribution in [0.3, 0.4) is 0 Å². The molecule has 0 aliphatic carbocycles. The number of carbonyl (C=O) groups excluding carboxylic acids is 1. The Morgan fingerprint density at radius 1 is 0.431 bits per heavy atom. The number of aliphatic hydroxyl groups excluding tert-OH is 2. The number of carbonyl (C=O) groups is 1. The first-order valence-corrected chi connectivity index (χ1v) is 24.5. The Bertz CT molecular complexity index is 1090. The van der Waals surface area contributed by atoms with E-state index in [0.29, 0.717) is 6.42 Å². The summed E-state index contributed by atoms with van der Waals surface area (Å²) in [7, 11) is 0. The molecular formula is C54H93NO3. The zero-order valence-corrected chi connectivity index (χ0v) is 38.0. The van der Waals surface area contributed by atoms with Crippen molar-refractivity contribution in [3.8, 4) is 0 Å². The third kappa shape index (κ3) is 44.4. The van der Waals surface area contributed by atoms with Crippen LogP contribution in [0.5, 0.6) is 0 Å². The minimum absolute atomic E-state index is 0.0861. The Kier molecular flexibility index (Phi) is 46.4. The molecule has 0 radical (unpaired) electrons. The summed E-state index contributed by atoms with van der Waals surface area (Å²) in [4.78, 5) is 12.4. The van der Waals surface area contributed by atoms with Crippen LogP contribution < -0.4 is 5.32 Å². The van der Waals surface area contributed by atoms with Crippen LogP contribution in [-0.2, 0) is 4.79 Å². The number of hydrogen-bond donors (Lipinski definition) is 3. The highest BCUT2D eigenvalue weighted by molar-refractivity contribution is 5.76. The highest BCUT2D eigenvalue weighted by Crippen LogP contribution is 2.15. The summed E-state index contributed by atoms with van der Waals surface area (Å²) >= 11 is 0. The normalized spacial score (nSPS) is 13.8. The van der Waals surface area contributed by atoms with Crippen LogP contribution in [0.4, 0.5) is 0 Å². The van der Waals surface area contributed by atoms with Gasteiger partial charge in [-0.15, -0.1) is 0 Å². The van der Waals surface area contributed by atoms with Gasteiger partial charge in [0.25, 0.3) is 0 Å². The first-order chi connectivity index (χ1) is 28.7. The lowest BCUT2D eigenvalue weighted by atomic mass is 10.0. The smallest absolute Gasteiger partial charge is 0.220 e. The highest BCUT2D eigenvalue weighted by Gasteiger charge is 2.17. The molecule has 4 heteroatoms. The van der Waals surface area contributed by atoms with Crippen molar-refractivity contribution in [2.45, 2.75) is 231 Å². The van der Waals surface area contributed by atoms with E-state index in [1.54, 1.807) is 6.08 Å². The van der Waals surface area contributed by atoms with Gasteiger partial charge in [0.15, 0.2) is 0 Å². The molecule has 0 rings (SSSR count). The SMILES string of the molecule is CC/C=C\C/C=C\C/C=C\C/C=C\C/C=C\C/C=C\C/C=C\CCCCCCCC(=O)NC(CO)C(O)/C=C/CCCCCCCCCCCCCCCCCCC. The predicted octanol–water partition coefficient (Wildman–Crippen LogP) is 15.8. The summed E-state index contributed by atoms with van der Waals surface area (Å²) in [6.07, 6.45) is 72.4. The van der Waals surface area contributed by atoms with Gasteiger partial charge in [0.1, 0.15) is 0 Å². The van der Waals surface area contributed by atoms with Crippen LogP contribution in [0.1, 0.15) is 219 Å². The molecule has 2 unspecified atom stereocenters. The van der Waals surface area contributed by atoms with Crippen LogP contribution in [0.25, 0.3) is 0 Å². The first-order valence-electron chi connectivity index (χ1n) is 24.5. The monoisotopic (exact) mass is 804 g/mol. The maximum atomic E-state index is 12.4. The molecule has 332 valence electrons. The molecule has 58 heavy (non-hydrogen) atoms. The quantitative estimate of drug-likeness (QED) is 0.0425. The van der Waals surface area contributed by atoms with Gasteiger partial charge in [-0.2, -0.15) is 0 Å². The van der Waals surface area contributed by atoms with Gasteiger partial charge in [0.05, 0.1) is 18.8 Å². The fourth-order valence-electron chi connectivity index (χ4n) is 6.86. The van der Waals surface area contributed by atoms with Crippen molar-refractivity contribution in [1.82, 2.24) is 5.32 Å². The summed E-state index contributed by atoms with van der Waals surface area (Å²) in [5.74, 6) is -0.0861. The number of amides is 1. The Morgan fingerprint density at radius 3 is 1.14 bits per heavy atom. The maximum Gasteiger partial charge on any atom is 0.220 e. The molecule has 0 fully saturated rings. The number of allylic oxidation sites excluding steroid dienone is 15. The standard InChI is InChI=1S/C54H93NO3/c1-3-5-7-9-11-13-15-17-19-21-23-24-25-26-27-28-29-30-32-34-36-38-40-42-44-46-48-50-54(58)55-52(51-56)53(57)49-47-45-43-41-39-37-35-33-31-22-20-18-16-14-12-10-8-6-4-2/h5,7,11,13,17,19,23-24,26-27,29-30,34,36,47,49,52-53,56-57H,3-4,6,8-10,12,14-16,18,20-22,25,28,31-33,35,37-46,48,50-51H2,1-2H3,(H,55,58)/b7-5-,13-11-,19-17-,24-23-,27-26-,30-29-,36-34-,49-47+. The summed E-state index contributed by atoms with van der Waals surface area (Å²) in [6, 6.07) is -0.640. The molecular weight excluding hydrogens is 711 g/mol. The number of aliphatic hydroxyl groups is 2. The fourth-order valence-corrected chi connectivity index (χ4v) is 6.86. The predicted molar refractivity (Wildman–Crippen MR) is 257 cm³/mol. The molecule has 0 aliphatic rings. The molecule has 3 N–H and O–H groups in total. The van der Waals surface area contributed by atoms with Gasteiger partial charge in [0, 0.05) is 6.42 Å². The minimum Gasteiger partial charge on any atom is -0.394 e. The Labute approximate surface area is 360 Å². The van der Waals surface area contributed by atoms with Crippen molar-refractivity contribution >= 4 is 5.91 Å². The molecule has 1 amide bonds. The third-order valence-electron chi connectivity index (χ3n) is 10.6. The van der Waals surface area contributed by atoms with E-state index in [9.17, 15) is 15.0 Å². The second-order valence-electron chi connectivity index (χ2n) is 16.1. The van der Waals surface area contributed by atoms with E-state index in [0.717, 1.165) is 83.5 Å². The topological polar surface area (TPSA) is 69.6 Å². The molecule has 0 spiro atoms. The van der Waals surface area contributed by atoms with Crippen molar-refractivity contribution < 1.29 is 15.0 Å². The fraction of sp³-hybridized carbons (Fsp3) is 0.685. The second-order valence-corrected chi connectivity index (χ2v) is 16.1. The molecule has 0 bridgehead atoms. The van der Waals surface area contributed by atoms with E-state index >= 15 is 0 Å². The van der Waals surface area contributed by atoms with Crippen LogP contribution in [-0.4, -0.2) is 34.9 Å². The van der Waals surface area contributed by atoms with Crippen molar-refractivity contribution in [1.29, 1.82) is 0 Å². The second kappa shape index (κ2) is 48.7. The van der Waals surface area contributed by atoms with Crippen molar-refractivity contribution in [3.05, 3.63) is 97.2 Å². The number of hydrogen-bond acceptors (Lipinski definition) is 3. The van der Waals surface area contributed by atoms with Gasteiger partial charge in [-0.05, 0) is 77.0 Å². The van der Waals surface area contributed by atoms with E-state index in [4.69, 9.17) is 0 Å². The van der Waals surface area contributed by atoms with Crippen LogP contribution in [0, 0.1) is 0 Å². The van der Waals surface area contributed by atoms with Gasteiger partial charge in [0.2, 0.25) is 5.91 Å².